The van der Waals surface area contributed by atoms with Crippen LogP contribution in [0.3, 0.4) is 0 Å². The molecule has 2 N–H and O–H groups in total. The van der Waals surface area contributed by atoms with Crippen LogP contribution in [0.4, 0.5) is 4.79 Å². The summed E-state index contributed by atoms with van der Waals surface area (Å²) >= 11 is 1.31. The lowest BCUT2D eigenvalue weighted by Crippen LogP contribution is -2.39. The van der Waals surface area contributed by atoms with Gasteiger partial charge in [0.25, 0.3) is 5.91 Å². The average molecular weight is 386 g/mol. The highest BCUT2D eigenvalue weighted by atomic mass is 32.2. The Hall–Kier alpha value is -2.07. The zero-order chi connectivity index (χ0) is 18.4. The monoisotopic (exact) mass is 386 g/mol. The minimum Gasteiger partial charge on any atom is -0.452 e. The normalized spacial score (nSPS) is 18.4. The number of benzene rings is 1. The van der Waals surface area contributed by atoms with Gasteiger partial charge in [0, 0.05) is 17.2 Å². The third-order valence-corrected chi connectivity index (χ3v) is 6.73. The largest absolute Gasteiger partial charge is 0.452 e. The smallest absolute Gasteiger partial charge is 0.339 e. The van der Waals surface area contributed by atoms with Crippen molar-refractivity contribution in [3.8, 4) is 0 Å². The number of esters is 1. The van der Waals surface area contributed by atoms with Crippen LogP contribution < -0.4 is 10.6 Å². The van der Waals surface area contributed by atoms with Gasteiger partial charge in [-0.1, -0.05) is 12.1 Å². The zero-order valence-corrected chi connectivity index (χ0v) is 15.1. The summed E-state index contributed by atoms with van der Waals surface area (Å²) in [5.41, 5.74) is 0.254. The van der Waals surface area contributed by atoms with Gasteiger partial charge in [-0.15, -0.1) is 11.8 Å². The van der Waals surface area contributed by atoms with Gasteiger partial charge in [0.2, 0.25) is 0 Å². The van der Waals surface area contributed by atoms with Crippen molar-refractivity contribution >= 4 is 39.5 Å². The Bertz CT molecular complexity index is 778. The number of hydrogen-bond acceptors (Lipinski definition) is 7. The van der Waals surface area contributed by atoms with Gasteiger partial charge < -0.3 is 10.1 Å². The second-order valence-corrected chi connectivity index (χ2v) is 8.91. The van der Waals surface area contributed by atoms with Crippen LogP contribution in [0.2, 0.25) is 0 Å². The molecule has 1 heterocycles. The van der Waals surface area contributed by atoms with Gasteiger partial charge in [-0.3, -0.25) is 10.1 Å². The molecule has 0 aromatic heterocycles. The number of imide groups is 1. The number of ether oxygens (including phenoxy) is 1. The van der Waals surface area contributed by atoms with Crippen LogP contribution >= 0.6 is 11.8 Å². The molecule has 10 heteroatoms. The molecular weight excluding hydrogens is 368 g/mol. The molecule has 2 rings (SSSR count). The molecule has 1 aromatic rings. The summed E-state index contributed by atoms with van der Waals surface area (Å²) < 4.78 is 28.0. The Morgan fingerprint density at radius 2 is 2.00 bits per heavy atom. The number of carbonyl (C=O) groups excluding carboxylic acids is 3. The van der Waals surface area contributed by atoms with Gasteiger partial charge in [-0.05, 0) is 18.6 Å². The Labute approximate surface area is 149 Å². The molecule has 0 aliphatic carbocycles. The van der Waals surface area contributed by atoms with Gasteiger partial charge in [0.15, 0.2) is 16.4 Å². The van der Waals surface area contributed by atoms with E-state index in [1.807, 2.05) is 5.32 Å². The average Bonchev–Trinajstić information content (AvgIpc) is 2.91. The van der Waals surface area contributed by atoms with E-state index in [0.717, 1.165) is 0 Å². The molecular formula is C15H18N2O6S2. The van der Waals surface area contributed by atoms with E-state index in [4.69, 9.17) is 4.74 Å². The molecule has 0 radical (unpaired) electrons. The van der Waals surface area contributed by atoms with Crippen molar-refractivity contribution < 1.29 is 27.5 Å². The minimum absolute atomic E-state index is 0.0790. The number of amides is 3. The van der Waals surface area contributed by atoms with Crippen molar-refractivity contribution in [2.45, 2.75) is 16.6 Å². The van der Waals surface area contributed by atoms with E-state index in [1.165, 1.54) is 18.8 Å². The molecule has 0 unspecified atom stereocenters. The van der Waals surface area contributed by atoms with Gasteiger partial charge in [-0.25, -0.2) is 18.0 Å². The van der Waals surface area contributed by atoms with Crippen molar-refractivity contribution in [1.29, 1.82) is 0 Å². The first-order valence-electron chi connectivity index (χ1n) is 7.45. The molecule has 136 valence electrons. The molecule has 1 saturated heterocycles. The molecule has 0 saturated carbocycles. The highest BCUT2D eigenvalue weighted by Gasteiger charge is 2.29. The van der Waals surface area contributed by atoms with Crippen LogP contribution in [-0.4, -0.2) is 56.7 Å². The lowest BCUT2D eigenvalue weighted by Gasteiger charge is -2.12. The quantitative estimate of drug-likeness (QED) is 0.711. The molecule has 1 atom stereocenters. The zero-order valence-electron chi connectivity index (χ0n) is 13.5. The van der Waals surface area contributed by atoms with E-state index >= 15 is 0 Å². The summed E-state index contributed by atoms with van der Waals surface area (Å²) in [7, 11) is -1.66. The van der Waals surface area contributed by atoms with Gasteiger partial charge in [0.1, 0.15) is 0 Å². The predicted octanol–water partition coefficient (Wildman–Crippen LogP) is 0.578. The first-order chi connectivity index (χ1) is 11.8. The van der Waals surface area contributed by atoms with Crippen LogP contribution in [0, 0.1) is 0 Å². The summed E-state index contributed by atoms with van der Waals surface area (Å²) in [4.78, 5) is 35.3. The van der Waals surface area contributed by atoms with Gasteiger partial charge in [0.05, 0.1) is 17.1 Å². The fourth-order valence-corrected chi connectivity index (χ4v) is 5.82. The maximum Gasteiger partial charge on any atom is 0.339 e. The number of carbonyl (C=O) groups is 3. The van der Waals surface area contributed by atoms with E-state index in [9.17, 15) is 22.8 Å². The van der Waals surface area contributed by atoms with E-state index in [1.54, 1.807) is 24.3 Å². The first-order valence-corrected chi connectivity index (χ1v) is 10.2. The summed E-state index contributed by atoms with van der Waals surface area (Å²) in [6, 6.07) is 5.94. The van der Waals surface area contributed by atoms with Crippen LogP contribution in [0.5, 0.6) is 0 Å². The van der Waals surface area contributed by atoms with Crippen LogP contribution in [0.25, 0.3) is 0 Å². The Balaban J connectivity index is 1.98. The lowest BCUT2D eigenvalue weighted by atomic mass is 10.2. The molecule has 1 aliphatic rings. The molecule has 1 aromatic carbocycles. The lowest BCUT2D eigenvalue weighted by molar-refractivity contribution is -0.123. The van der Waals surface area contributed by atoms with Crippen LogP contribution in [0.1, 0.15) is 16.8 Å². The molecule has 1 fully saturated rings. The first kappa shape index (κ1) is 19.3. The highest BCUT2D eigenvalue weighted by molar-refractivity contribution is 8.02. The second-order valence-electron chi connectivity index (χ2n) is 5.34. The number of hydrogen-bond donors (Lipinski definition) is 2. The van der Waals surface area contributed by atoms with E-state index in [0.29, 0.717) is 11.3 Å². The number of nitrogens with one attached hydrogen (secondary N) is 2. The third-order valence-electron chi connectivity index (χ3n) is 3.41. The fraction of sp³-hybridized carbons (Fsp3) is 0.400. The summed E-state index contributed by atoms with van der Waals surface area (Å²) in [5, 5.41) is 4.07. The summed E-state index contributed by atoms with van der Waals surface area (Å²) in [5.74, 6) is -1.23. The van der Waals surface area contributed by atoms with Crippen molar-refractivity contribution in [2.24, 2.45) is 0 Å². The molecule has 25 heavy (non-hydrogen) atoms. The maximum absolute atomic E-state index is 12.2. The molecule has 1 aliphatic heterocycles. The van der Waals surface area contributed by atoms with Crippen molar-refractivity contribution in [1.82, 2.24) is 10.6 Å². The Kier molecular flexibility index (Phi) is 6.43. The minimum atomic E-state index is -3.01. The van der Waals surface area contributed by atoms with Crippen molar-refractivity contribution in [3.05, 3.63) is 29.8 Å². The Morgan fingerprint density at radius 3 is 2.64 bits per heavy atom. The van der Waals surface area contributed by atoms with Crippen molar-refractivity contribution in [2.75, 3.05) is 25.2 Å². The fourth-order valence-electron chi connectivity index (χ4n) is 2.21. The van der Waals surface area contributed by atoms with E-state index in [2.05, 4.69) is 5.32 Å². The number of urea groups is 1. The van der Waals surface area contributed by atoms with Crippen LogP contribution in [0.15, 0.2) is 29.2 Å². The topological polar surface area (TPSA) is 119 Å². The second kappa shape index (κ2) is 8.34. The standard InChI is InChI=1S/C15H18N2O6S2/c1-16-15(20)17-13(18)8-23-14(19)11-4-2-3-5-12(11)24-10-6-7-25(21,22)9-10/h2-5,10H,6-9H2,1H3,(H2,16,17,18,20)/t10-/m1/s1. The number of rotatable bonds is 5. The molecule has 0 spiro atoms. The third kappa shape index (κ3) is 5.75. The Morgan fingerprint density at radius 1 is 1.28 bits per heavy atom. The van der Waals surface area contributed by atoms with Gasteiger partial charge in [-0.2, -0.15) is 0 Å². The molecule has 8 nitrogen and oxygen atoms in total. The SMILES string of the molecule is CNC(=O)NC(=O)COC(=O)c1ccccc1S[C@@H]1CCS(=O)(=O)C1. The van der Waals surface area contributed by atoms with E-state index in [-0.39, 0.29) is 22.3 Å². The summed E-state index contributed by atoms with van der Waals surface area (Å²) in [6.45, 7) is -0.594. The highest BCUT2D eigenvalue weighted by Crippen LogP contribution is 2.33. The number of thioether (sulfide) groups is 1. The molecule has 0 bridgehead atoms. The predicted molar refractivity (Wildman–Crippen MR) is 92.2 cm³/mol. The molecule has 3 amide bonds. The summed E-state index contributed by atoms with van der Waals surface area (Å²) in [6.07, 6.45) is 0.533. The van der Waals surface area contributed by atoms with E-state index < -0.39 is 34.4 Å². The maximum atomic E-state index is 12.2. The van der Waals surface area contributed by atoms with Crippen molar-refractivity contribution in [3.63, 3.8) is 0 Å². The van der Waals surface area contributed by atoms with Gasteiger partial charge >= 0.3 is 12.0 Å². The van der Waals surface area contributed by atoms with Crippen LogP contribution in [-0.2, 0) is 19.4 Å². The number of sulfone groups is 1.